The maximum absolute atomic E-state index is 5.37. The van der Waals surface area contributed by atoms with Gasteiger partial charge in [0.05, 0.1) is 19.0 Å². The van der Waals surface area contributed by atoms with Gasteiger partial charge in [-0.3, -0.25) is 4.68 Å². The third-order valence-corrected chi connectivity index (χ3v) is 3.48. The lowest BCUT2D eigenvalue weighted by Gasteiger charge is -2.13. The fraction of sp³-hybridized carbons (Fsp3) is 0.750. The highest BCUT2D eigenvalue weighted by atomic mass is 16.5. The molecular formula is C12H21N3O. The van der Waals surface area contributed by atoms with Gasteiger partial charge in [0.15, 0.2) is 5.75 Å². The molecule has 0 radical (unpaired) electrons. The van der Waals surface area contributed by atoms with E-state index in [2.05, 4.69) is 17.3 Å². The Kier molecular flexibility index (Phi) is 3.49. The van der Waals surface area contributed by atoms with Crippen LogP contribution in [0.3, 0.4) is 0 Å². The van der Waals surface area contributed by atoms with Crippen molar-refractivity contribution in [2.75, 3.05) is 13.7 Å². The smallest absolute Gasteiger partial charge is 0.160 e. The molecule has 0 aromatic carbocycles. The van der Waals surface area contributed by atoms with E-state index in [1.165, 1.54) is 25.0 Å². The lowest BCUT2D eigenvalue weighted by atomic mass is 10.0. The molecular weight excluding hydrogens is 202 g/mol. The number of ether oxygens (including phenoxy) is 1. The van der Waals surface area contributed by atoms with Crippen molar-refractivity contribution < 1.29 is 4.74 Å². The second-order valence-electron chi connectivity index (χ2n) is 4.49. The second kappa shape index (κ2) is 4.87. The Balaban J connectivity index is 2.10. The van der Waals surface area contributed by atoms with E-state index < -0.39 is 0 Å². The Morgan fingerprint density at radius 2 is 2.38 bits per heavy atom. The van der Waals surface area contributed by atoms with Crippen molar-refractivity contribution >= 4 is 0 Å². The van der Waals surface area contributed by atoms with Crippen LogP contribution in [0.15, 0.2) is 6.20 Å². The predicted molar refractivity (Wildman–Crippen MR) is 63.8 cm³/mol. The minimum atomic E-state index is 0.589. The maximum Gasteiger partial charge on any atom is 0.160 e. The minimum absolute atomic E-state index is 0.589. The third kappa shape index (κ3) is 2.07. The Bertz CT molecular complexity index is 348. The quantitative estimate of drug-likeness (QED) is 0.844. The van der Waals surface area contributed by atoms with Crippen LogP contribution in [-0.2, 0) is 7.05 Å². The van der Waals surface area contributed by atoms with Crippen molar-refractivity contribution in [3.05, 3.63) is 11.9 Å². The van der Waals surface area contributed by atoms with Crippen molar-refractivity contribution in [3.63, 3.8) is 0 Å². The van der Waals surface area contributed by atoms with Crippen LogP contribution in [-0.4, -0.2) is 29.5 Å². The molecule has 2 atom stereocenters. The number of nitrogens with one attached hydrogen (secondary N) is 1. The molecule has 1 aromatic heterocycles. The average molecular weight is 223 g/mol. The van der Waals surface area contributed by atoms with Crippen LogP contribution in [0.5, 0.6) is 5.75 Å². The first kappa shape index (κ1) is 11.5. The topological polar surface area (TPSA) is 39.1 Å². The molecule has 0 aliphatic heterocycles. The Morgan fingerprint density at radius 1 is 1.56 bits per heavy atom. The molecule has 4 nitrogen and oxygen atoms in total. The molecule has 0 saturated heterocycles. The molecule has 2 rings (SSSR count). The highest BCUT2D eigenvalue weighted by Gasteiger charge is 2.29. The largest absolute Gasteiger partial charge is 0.493 e. The SMILES string of the molecule is CCNC1CCC(c2c(OC)cnn2C)C1. The van der Waals surface area contributed by atoms with E-state index >= 15 is 0 Å². The fourth-order valence-corrected chi connectivity index (χ4v) is 2.75. The van der Waals surface area contributed by atoms with Crippen molar-refractivity contribution in [1.82, 2.24) is 15.1 Å². The number of hydrogen-bond acceptors (Lipinski definition) is 3. The van der Waals surface area contributed by atoms with Gasteiger partial charge < -0.3 is 10.1 Å². The molecule has 90 valence electrons. The summed E-state index contributed by atoms with van der Waals surface area (Å²) in [7, 11) is 3.72. The third-order valence-electron chi connectivity index (χ3n) is 3.48. The van der Waals surface area contributed by atoms with Gasteiger partial charge in [0.1, 0.15) is 0 Å². The lowest BCUT2D eigenvalue weighted by molar-refractivity contribution is 0.402. The summed E-state index contributed by atoms with van der Waals surface area (Å²) in [6, 6.07) is 0.662. The van der Waals surface area contributed by atoms with Gasteiger partial charge in [-0.15, -0.1) is 0 Å². The van der Waals surface area contributed by atoms with Gasteiger partial charge in [0.25, 0.3) is 0 Å². The van der Waals surface area contributed by atoms with Gasteiger partial charge in [-0.25, -0.2) is 0 Å². The zero-order valence-electron chi connectivity index (χ0n) is 10.4. The van der Waals surface area contributed by atoms with E-state index in [9.17, 15) is 0 Å². The van der Waals surface area contributed by atoms with Crippen molar-refractivity contribution in [2.45, 2.75) is 38.1 Å². The van der Waals surface area contributed by atoms with Gasteiger partial charge >= 0.3 is 0 Å². The highest BCUT2D eigenvalue weighted by molar-refractivity contribution is 5.29. The zero-order chi connectivity index (χ0) is 11.5. The first-order valence-corrected chi connectivity index (χ1v) is 6.05. The van der Waals surface area contributed by atoms with Crippen LogP contribution >= 0.6 is 0 Å². The molecule has 16 heavy (non-hydrogen) atoms. The van der Waals surface area contributed by atoms with Crippen LogP contribution in [0.2, 0.25) is 0 Å². The number of aromatic nitrogens is 2. The summed E-state index contributed by atoms with van der Waals surface area (Å²) in [5.41, 5.74) is 1.25. The van der Waals surface area contributed by atoms with Gasteiger partial charge in [-0.05, 0) is 25.8 Å². The number of methoxy groups -OCH3 is 1. The molecule has 0 bridgehead atoms. The molecule has 1 aromatic rings. The molecule has 0 spiro atoms. The van der Waals surface area contributed by atoms with Crippen molar-refractivity contribution in [2.24, 2.45) is 7.05 Å². The second-order valence-corrected chi connectivity index (χ2v) is 4.49. The minimum Gasteiger partial charge on any atom is -0.493 e. The predicted octanol–water partition coefficient (Wildman–Crippen LogP) is 1.67. The van der Waals surface area contributed by atoms with Gasteiger partial charge in [-0.2, -0.15) is 5.10 Å². The summed E-state index contributed by atoms with van der Waals surface area (Å²) in [5, 5.41) is 7.80. The zero-order valence-corrected chi connectivity index (χ0v) is 10.4. The Labute approximate surface area is 97.0 Å². The normalized spacial score (nSPS) is 24.9. The number of hydrogen-bond donors (Lipinski definition) is 1. The van der Waals surface area contributed by atoms with E-state index in [4.69, 9.17) is 4.74 Å². The summed E-state index contributed by atoms with van der Waals surface area (Å²) in [6.45, 7) is 3.22. The van der Waals surface area contributed by atoms with E-state index in [-0.39, 0.29) is 0 Å². The fourth-order valence-electron chi connectivity index (χ4n) is 2.75. The van der Waals surface area contributed by atoms with Crippen LogP contribution < -0.4 is 10.1 Å². The molecule has 1 aliphatic carbocycles. The summed E-state index contributed by atoms with van der Waals surface area (Å²) in [6.07, 6.45) is 5.50. The summed E-state index contributed by atoms with van der Waals surface area (Å²) >= 11 is 0. The Hall–Kier alpha value is -1.03. The van der Waals surface area contributed by atoms with Crippen molar-refractivity contribution in [1.29, 1.82) is 0 Å². The lowest BCUT2D eigenvalue weighted by Crippen LogP contribution is -2.25. The molecule has 0 amide bonds. The molecule has 1 saturated carbocycles. The number of rotatable bonds is 4. The first-order valence-electron chi connectivity index (χ1n) is 6.05. The van der Waals surface area contributed by atoms with E-state index in [0.29, 0.717) is 12.0 Å². The average Bonchev–Trinajstić information content (AvgIpc) is 2.85. The van der Waals surface area contributed by atoms with E-state index in [1.807, 2.05) is 17.9 Å². The maximum atomic E-state index is 5.37. The summed E-state index contributed by atoms with van der Waals surface area (Å²) in [4.78, 5) is 0. The summed E-state index contributed by atoms with van der Waals surface area (Å²) < 4.78 is 7.33. The van der Waals surface area contributed by atoms with Crippen LogP contribution in [0.4, 0.5) is 0 Å². The molecule has 1 N–H and O–H groups in total. The Morgan fingerprint density at radius 3 is 3.06 bits per heavy atom. The van der Waals surface area contributed by atoms with Gasteiger partial charge in [0, 0.05) is 19.0 Å². The van der Waals surface area contributed by atoms with Crippen LogP contribution in [0.1, 0.15) is 37.8 Å². The molecule has 1 fully saturated rings. The van der Waals surface area contributed by atoms with E-state index in [0.717, 1.165) is 12.3 Å². The van der Waals surface area contributed by atoms with Gasteiger partial charge in [0.2, 0.25) is 0 Å². The van der Waals surface area contributed by atoms with Crippen LogP contribution in [0.25, 0.3) is 0 Å². The molecule has 2 unspecified atom stereocenters. The van der Waals surface area contributed by atoms with Crippen LogP contribution in [0, 0.1) is 0 Å². The number of nitrogens with zero attached hydrogens (tertiary/aromatic N) is 2. The summed E-state index contributed by atoms with van der Waals surface area (Å²) in [5.74, 6) is 1.52. The first-order chi connectivity index (χ1) is 7.76. The van der Waals surface area contributed by atoms with Gasteiger partial charge in [-0.1, -0.05) is 6.92 Å². The molecule has 1 aliphatic rings. The monoisotopic (exact) mass is 223 g/mol. The molecule has 1 heterocycles. The standard InChI is InChI=1S/C12H21N3O/c1-4-13-10-6-5-9(7-10)12-11(16-3)8-14-15(12)2/h8-10,13H,4-7H2,1-3H3. The van der Waals surface area contributed by atoms with E-state index in [1.54, 1.807) is 7.11 Å². The van der Waals surface area contributed by atoms with Crippen molar-refractivity contribution in [3.8, 4) is 5.75 Å². The molecule has 4 heteroatoms. The number of aryl methyl sites for hydroxylation is 1. The highest BCUT2D eigenvalue weighted by Crippen LogP contribution is 2.38.